The molecule has 0 spiro atoms. The van der Waals surface area contributed by atoms with Crippen LogP contribution in [0.2, 0.25) is 0 Å². The lowest BCUT2D eigenvalue weighted by Crippen LogP contribution is -2.18. The van der Waals surface area contributed by atoms with Gasteiger partial charge in [-0.05, 0) is 25.5 Å². The summed E-state index contributed by atoms with van der Waals surface area (Å²) in [5.41, 5.74) is 4.36. The van der Waals surface area contributed by atoms with E-state index in [1.165, 1.54) is 5.56 Å². The summed E-state index contributed by atoms with van der Waals surface area (Å²) in [4.78, 5) is 8.49. The zero-order valence-electron chi connectivity index (χ0n) is 14.9. The van der Waals surface area contributed by atoms with Gasteiger partial charge in [0.15, 0.2) is 0 Å². The number of aromatic nitrogens is 4. The summed E-state index contributed by atoms with van der Waals surface area (Å²) in [6.07, 6.45) is 12.5. The Hall–Kier alpha value is -2.73. The highest BCUT2D eigenvalue weighted by Gasteiger charge is 2.30. The van der Waals surface area contributed by atoms with Gasteiger partial charge < -0.3 is 10.1 Å². The fraction of sp³-hybridized carbons (Fsp3) is 0.350. The number of ether oxygens (including phenoxy) is 1. The molecule has 4 rings (SSSR count). The maximum absolute atomic E-state index is 6.00. The molecule has 1 fully saturated rings. The van der Waals surface area contributed by atoms with Gasteiger partial charge in [0.05, 0.1) is 12.3 Å². The van der Waals surface area contributed by atoms with Crippen LogP contribution in [0.5, 0.6) is 0 Å². The topological polar surface area (TPSA) is 64.9 Å². The standard InChI is InChI=1S/C20H23N5O/c1-2-25-14-17(12-24-25)20-16(6-9-26-20)11-23-19-5-8-22-13-18(19)15-4-3-7-21-10-15/h3-5,7-8,10,12-14,16,20H,2,6,9,11H2,1H3,(H,22,23)/t16-,20+/m1/s1. The SMILES string of the molecule is CCn1cc([C@H]2OCC[C@@H]2CNc2ccncc2-c2cccnc2)cn1. The predicted octanol–water partition coefficient (Wildman–Crippen LogP) is 3.55. The van der Waals surface area contributed by atoms with E-state index in [1.807, 2.05) is 41.6 Å². The van der Waals surface area contributed by atoms with Crippen LogP contribution in [-0.4, -0.2) is 32.9 Å². The maximum atomic E-state index is 6.00. The first-order valence-electron chi connectivity index (χ1n) is 9.07. The second-order valence-electron chi connectivity index (χ2n) is 6.51. The third kappa shape index (κ3) is 3.46. The number of rotatable bonds is 6. The number of pyridine rings is 2. The van der Waals surface area contributed by atoms with Crippen molar-refractivity contribution in [2.24, 2.45) is 5.92 Å². The molecule has 1 N–H and O–H groups in total. The maximum Gasteiger partial charge on any atom is 0.0901 e. The van der Waals surface area contributed by atoms with E-state index < -0.39 is 0 Å². The molecule has 2 atom stereocenters. The van der Waals surface area contributed by atoms with Gasteiger partial charge in [0.2, 0.25) is 0 Å². The normalized spacial score (nSPS) is 19.6. The van der Waals surface area contributed by atoms with E-state index in [2.05, 4.69) is 39.6 Å². The van der Waals surface area contributed by atoms with E-state index in [9.17, 15) is 0 Å². The fourth-order valence-electron chi connectivity index (χ4n) is 3.45. The molecule has 0 bridgehead atoms. The Kier molecular flexibility index (Phi) is 4.93. The summed E-state index contributed by atoms with van der Waals surface area (Å²) in [5.74, 6) is 0.416. The molecule has 4 heterocycles. The molecule has 3 aromatic heterocycles. The van der Waals surface area contributed by atoms with Gasteiger partial charge in [0.1, 0.15) is 0 Å². The van der Waals surface area contributed by atoms with Crippen molar-refractivity contribution in [3.8, 4) is 11.1 Å². The average molecular weight is 349 g/mol. The summed E-state index contributed by atoms with van der Waals surface area (Å²) in [6, 6.07) is 6.01. The molecule has 6 nitrogen and oxygen atoms in total. The van der Waals surface area contributed by atoms with Crippen molar-refractivity contribution in [1.82, 2.24) is 19.7 Å². The summed E-state index contributed by atoms with van der Waals surface area (Å²) < 4.78 is 7.95. The molecule has 0 saturated carbocycles. The van der Waals surface area contributed by atoms with Crippen LogP contribution >= 0.6 is 0 Å². The first-order valence-corrected chi connectivity index (χ1v) is 9.07. The second kappa shape index (κ2) is 7.66. The minimum absolute atomic E-state index is 0.103. The van der Waals surface area contributed by atoms with Gasteiger partial charge >= 0.3 is 0 Å². The molecule has 0 aliphatic carbocycles. The quantitative estimate of drug-likeness (QED) is 0.737. The van der Waals surface area contributed by atoms with Crippen LogP contribution in [0.15, 0.2) is 55.4 Å². The van der Waals surface area contributed by atoms with Crippen molar-refractivity contribution < 1.29 is 4.74 Å². The monoisotopic (exact) mass is 349 g/mol. The predicted molar refractivity (Wildman–Crippen MR) is 101 cm³/mol. The van der Waals surface area contributed by atoms with E-state index in [4.69, 9.17) is 4.74 Å². The highest BCUT2D eigenvalue weighted by molar-refractivity contribution is 5.76. The number of hydrogen-bond donors (Lipinski definition) is 1. The van der Waals surface area contributed by atoms with Gasteiger partial charge in [-0.3, -0.25) is 14.6 Å². The Labute approximate surface area is 153 Å². The highest BCUT2D eigenvalue weighted by atomic mass is 16.5. The minimum atomic E-state index is 0.103. The Balaban J connectivity index is 1.49. The zero-order valence-corrected chi connectivity index (χ0v) is 14.9. The second-order valence-corrected chi connectivity index (χ2v) is 6.51. The highest BCUT2D eigenvalue weighted by Crippen LogP contribution is 2.35. The molecule has 1 saturated heterocycles. The molecule has 26 heavy (non-hydrogen) atoms. The van der Waals surface area contributed by atoms with Crippen LogP contribution in [-0.2, 0) is 11.3 Å². The van der Waals surface area contributed by atoms with E-state index in [0.717, 1.165) is 42.9 Å². The average Bonchev–Trinajstić information content (AvgIpc) is 3.36. The lowest BCUT2D eigenvalue weighted by atomic mass is 9.97. The molecular weight excluding hydrogens is 326 g/mol. The van der Waals surface area contributed by atoms with Gasteiger partial charge in [-0.15, -0.1) is 0 Å². The summed E-state index contributed by atoms with van der Waals surface area (Å²) in [5, 5.41) is 7.99. The number of nitrogens with zero attached hydrogens (tertiary/aromatic N) is 4. The number of anilines is 1. The summed E-state index contributed by atoms with van der Waals surface area (Å²) in [6.45, 7) is 4.61. The van der Waals surface area contributed by atoms with Gasteiger partial charge in [-0.1, -0.05) is 6.07 Å². The van der Waals surface area contributed by atoms with Gasteiger partial charge in [0, 0.05) is 79.0 Å². The number of hydrogen-bond acceptors (Lipinski definition) is 5. The van der Waals surface area contributed by atoms with Crippen LogP contribution in [0, 0.1) is 5.92 Å². The fourth-order valence-corrected chi connectivity index (χ4v) is 3.45. The van der Waals surface area contributed by atoms with Crippen molar-refractivity contribution in [1.29, 1.82) is 0 Å². The van der Waals surface area contributed by atoms with Crippen molar-refractivity contribution in [2.45, 2.75) is 26.0 Å². The molecule has 3 aromatic rings. The molecule has 1 aliphatic heterocycles. The van der Waals surface area contributed by atoms with Crippen LogP contribution in [0.25, 0.3) is 11.1 Å². The number of nitrogens with one attached hydrogen (secondary N) is 1. The Morgan fingerprint density at radius 1 is 1.19 bits per heavy atom. The molecule has 1 aliphatic rings. The third-order valence-corrected chi connectivity index (χ3v) is 4.87. The van der Waals surface area contributed by atoms with Gasteiger partial charge in [0.25, 0.3) is 0 Å². The lowest BCUT2D eigenvalue weighted by Gasteiger charge is -2.19. The van der Waals surface area contributed by atoms with Crippen molar-refractivity contribution in [3.63, 3.8) is 0 Å². The van der Waals surface area contributed by atoms with Gasteiger partial charge in [-0.2, -0.15) is 5.10 Å². The van der Waals surface area contributed by atoms with E-state index in [1.54, 1.807) is 6.20 Å². The molecule has 0 radical (unpaired) electrons. The van der Waals surface area contributed by atoms with Gasteiger partial charge in [-0.25, -0.2) is 0 Å². The molecule has 0 unspecified atom stereocenters. The molecule has 6 heteroatoms. The largest absolute Gasteiger partial charge is 0.384 e. The molecular formula is C20H23N5O. The number of aryl methyl sites for hydroxylation is 1. The van der Waals surface area contributed by atoms with E-state index in [-0.39, 0.29) is 6.10 Å². The Bertz CT molecular complexity index is 848. The minimum Gasteiger partial charge on any atom is -0.384 e. The third-order valence-electron chi connectivity index (χ3n) is 4.87. The van der Waals surface area contributed by atoms with Crippen molar-refractivity contribution in [3.05, 3.63) is 60.9 Å². The van der Waals surface area contributed by atoms with Crippen molar-refractivity contribution in [2.75, 3.05) is 18.5 Å². The van der Waals surface area contributed by atoms with Crippen LogP contribution in [0.4, 0.5) is 5.69 Å². The first kappa shape index (κ1) is 16.7. The smallest absolute Gasteiger partial charge is 0.0901 e. The lowest BCUT2D eigenvalue weighted by molar-refractivity contribution is 0.0932. The summed E-state index contributed by atoms with van der Waals surface area (Å²) >= 11 is 0. The van der Waals surface area contributed by atoms with Crippen molar-refractivity contribution >= 4 is 5.69 Å². The molecule has 0 aromatic carbocycles. The Morgan fingerprint density at radius 2 is 2.12 bits per heavy atom. The van der Waals surface area contributed by atoms with Crippen LogP contribution in [0.3, 0.4) is 0 Å². The molecule has 0 amide bonds. The van der Waals surface area contributed by atoms with E-state index in [0.29, 0.717) is 5.92 Å². The first-order chi connectivity index (χ1) is 12.8. The summed E-state index contributed by atoms with van der Waals surface area (Å²) in [7, 11) is 0. The Morgan fingerprint density at radius 3 is 2.92 bits per heavy atom. The van der Waals surface area contributed by atoms with Crippen LogP contribution < -0.4 is 5.32 Å². The zero-order chi connectivity index (χ0) is 17.8. The molecule has 134 valence electrons. The van der Waals surface area contributed by atoms with Crippen LogP contribution in [0.1, 0.15) is 25.0 Å². The van der Waals surface area contributed by atoms with E-state index >= 15 is 0 Å².